The molecule has 3 aromatic rings. The van der Waals surface area contributed by atoms with E-state index in [0.717, 1.165) is 22.2 Å². The molecule has 5 nitrogen and oxygen atoms in total. The molecule has 0 spiro atoms. The van der Waals surface area contributed by atoms with Crippen LogP contribution in [0.5, 0.6) is 11.6 Å². The quantitative estimate of drug-likeness (QED) is 0.627. The van der Waals surface area contributed by atoms with Gasteiger partial charge in [-0.2, -0.15) is 0 Å². The van der Waals surface area contributed by atoms with Crippen LogP contribution >= 0.6 is 0 Å². The average molecular weight is 395 g/mol. The molecular formula is C23H22FNO4. The molecule has 1 aliphatic carbocycles. The van der Waals surface area contributed by atoms with Gasteiger partial charge in [-0.3, -0.25) is 4.79 Å². The zero-order chi connectivity index (χ0) is 20.7. The molecule has 1 aromatic heterocycles. The number of aromatic hydroxyl groups is 1. The van der Waals surface area contributed by atoms with Crippen molar-refractivity contribution < 1.29 is 24.1 Å². The van der Waals surface area contributed by atoms with Gasteiger partial charge in [0.1, 0.15) is 17.7 Å². The lowest BCUT2D eigenvalue weighted by molar-refractivity contribution is -0.148. The number of hydrogen-bond acceptors (Lipinski definition) is 4. The maximum absolute atomic E-state index is 13.5. The van der Waals surface area contributed by atoms with Crippen LogP contribution in [0.1, 0.15) is 38.3 Å². The second kappa shape index (κ2) is 7.35. The van der Waals surface area contributed by atoms with Crippen molar-refractivity contribution in [1.82, 2.24) is 4.98 Å². The van der Waals surface area contributed by atoms with E-state index in [1.54, 1.807) is 24.3 Å². The standard InChI is InChI=1S/C23H22FNO4/c1-12(2)21-20(13-3-5-15(24)6-4-13)18-8-7-16(26)11-19(18)22(25-21)29-17-9-14(10-17)23(27)28/h3-8,11-12,14,17,26H,9-10H2,1-2H3,(H,27,28). The number of aliphatic carboxylic acids is 1. The highest BCUT2D eigenvalue weighted by Crippen LogP contribution is 2.41. The van der Waals surface area contributed by atoms with Gasteiger partial charge in [-0.15, -0.1) is 0 Å². The number of hydrogen-bond donors (Lipinski definition) is 2. The Morgan fingerprint density at radius 1 is 1.14 bits per heavy atom. The molecule has 0 amide bonds. The number of nitrogens with zero attached hydrogens (tertiary/aromatic N) is 1. The van der Waals surface area contributed by atoms with Gasteiger partial charge in [-0.1, -0.05) is 26.0 Å². The summed E-state index contributed by atoms with van der Waals surface area (Å²) < 4.78 is 19.5. The summed E-state index contributed by atoms with van der Waals surface area (Å²) in [7, 11) is 0. The smallest absolute Gasteiger partial charge is 0.306 e. The lowest BCUT2D eigenvalue weighted by atomic mass is 9.82. The summed E-state index contributed by atoms with van der Waals surface area (Å²) in [5.41, 5.74) is 2.51. The normalized spacial score (nSPS) is 18.6. The Balaban J connectivity index is 1.85. The minimum atomic E-state index is -0.810. The molecule has 1 saturated carbocycles. The molecule has 1 aliphatic rings. The van der Waals surface area contributed by atoms with Crippen LogP contribution in [-0.4, -0.2) is 27.3 Å². The van der Waals surface area contributed by atoms with Crippen LogP contribution in [-0.2, 0) is 4.79 Å². The fourth-order valence-electron chi connectivity index (χ4n) is 3.74. The number of rotatable bonds is 5. The second-order valence-corrected chi connectivity index (χ2v) is 7.82. The van der Waals surface area contributed by atoms with Gasteiger partial charge in [0.25, 0.3) is 0 Å². The summed E-state index contributed by atoms with van der Waals surface area (Å²) in [5, 5.41) is 20.6. The molecule has 0 bridgehead atoms. The first-order valence-electron chi connectivity index (χ1n) is 9.65. The van der Waals surface area contributed by atoms with Crippen molar-refractivity contribution in [3.8, 4) is 22.8 Å². The molecule has 0 aliphatic heterocycles. The maximum Gasteiger partial charge on any atom is 0.306 e. The van der Waals surface area contributed by atoms with Crippen molar-refractivity contribution in [2.24, 2.45) is 5.92 Å². The monoisotopic (exact) mass is 395 g/mol. The number of fused-ring (bicyclic) bond motifs is 1. The van der Waals surface area contributed by atoms with Crippen LogP contribution < -0.4 is 4.74 Å². The Morgan fingerprint density at radius 2 is 1.83 bits per heavy atom. The number of carbonyl (C=O) groups is 1. The molecule has 0 unspecified atom stereocenters. The number of phenols is 1. The van der Waals surface area contributed by atoms with Gasteiger partial charge in [0.05, 0.1) is 11.6 Å². The van der Waals surface area contributed by atoms with Crippen LogP contribution in [0.25, 0.3) is 21.9 Å². The topological polar surface area (TPSA) is 79.7 Å². The van der Waals surface area contributed by atoms with Crippen LogP contribution in [0.2, 0.25) is 0 Å². The van der Waals surface area contributed by atoms with Crippen molar-refractivity contribution in [2.75, 3.05) is 0 Å². The van der Waals surface area contributed by atoms with E-state index < -0.39 is 5.97 Å². The van der Waals surface area contributed by atoms with Crippen molar-refractivity contribution in [3.05, 3.63) is 54.0 Å². The van der Waals surface area contributed by atoms with Gasteiger partial charge in [-0.25, -0.2) is 9.37 Å². The Kier molecular flexibility index (Phi) is 4.86. The van der Waals surface area contributed by atoms with Crippen LogP contribution in [0, 0.1) is 11.7 Å². The van der Waals surface area contributed by atoms with Gasteiger partial charge in [0.2, 0.25) is 5.88 Å². The predicted molar refractivity (Wildman–Crippen MR) is 108 cm³/mol. The van der Waals surface area contributed by atoms with Crippen molar-refractivity contribution >= 4 is 16.7 Å². The van der Waals surface area contributed by atoms with Crippen molar-refractivity contribution in [1.29, 1.82) is 0 Å². The van der Waals surface area contributed by atoms with Crippen molar-refractivity contribution in [3.63, 3.8) is 0 Å². The third-order valence-electron chi connectivity index (χ3n) is 5.38. The lowest BCUT2D eigenvalue weighted by Gasteiger charge is -2.32. The highest BCUT2D eigenvalue weighted by molar-refractivity contribution is 6.01. The van der Waals surface area contributed by atoms with Gasteiger partial charge in [0.15, 0.2) is 0 Å². The van der Waals surface area contributed by atoms with Crippen LogP contribution in [0.15, 0.2) is 42.5 Å². The predicted octanol–water partition coefficient (Wildman–Crippen LogP) is 5.11. The lowest BCUT2D eigenvalue weighted by Crippen LogP contribution is -2.38. The van der Waals surface area contributed by atoms with Gasteiger partial charge >= 0.3 is 5.97 Å². The number of halogens is 1. The summed E-state index contributed by atoms with van der Waals surface area (Å²) in [4.78, 5) is 15.8. The maximum atomic E-state index is 13.5. The van der Waals surface area contributed by atoms with E-state index in [4.69, 9.17) is 14.8 Å². The third kappa shape index (κ3) is 3.62. The number of carboxylic acids is 1. The minimum absolute atomic E-state index is 0.0729. The molecule has 1 fully saturated rings. The van der Waals surface area contributed by atoms with E-state index in [1.165, 1.54) is 12.1 Å². The van der Waals surface area contributed by atoms with Crippen LogP contribution in [0.4, 0.5) is 4.39 Å². The average Bonchev–Trinajstić information content (AvgIpc) is 2.64. The van der Waals surface area contributed by atoms with Gasteiger partial charge < -0.3 is 14.9 Å². The summed E-state index contributed by atoms with van der Waals surface area (Å²) >= 11 is 0. The molecule has 29 heavy (non-hydrogen) atoms. The third-order valence-corrected chi connectivity index (χ3v) is 5.38. The van der Waals surface area contributed by atoms with E-state index in [1.807, 2.05) is 19.9 Å². The first-order chi connectivity index (χ1) is 13.8. The molecule has 2 aromatic carbocycles. The molecule has 150 valence electrons. The highest BCUT2D eigenvalue weighted by Gasteiger charge is 2.36. The summed E-state index contributed by atoms with van der Waals surface area (Å²) in [6, 6.07) is 11.3. The van der Waals surface area contributed by atoms with E-state index in [9.17, 15) is 14.3 Å². The SMILES string of the molecule is CC(C)c1nc(OC2CC(C(=O)O)C2)c2cc(O)ccc2c1-c1ccc(F)cc1. The number of pyridine rings is 1. The number of carboxylic acid groups (broad SMARTS) is 1. The molecule has 0 radical (unpaired) electrons. The van der Waals surface area contributed by atoms with Crippen LogP contribution in [0.3, 0.4) is 0 Å². The Morgan fingerprint density at radius 3 is 2.45 bits per heavy atom. The fourth-order valence-corrected chi connectivity index (χ4v) is 3.74. The Bertz CT molecular complexity index is 1070. The first-order valence-corrected chi connectivity index (χ1v) is 9.65. The van der Waals surface area contributed by atoms with E-state index >= 15 is 0 Å². The van der Waals surface area contributed by atoms with Gasteiger partial charge in [-0.05, 0) is 60.0 Å². The van der Waals surface area contributed by atoms with Crippen molar-refractivity contribution in [2.45, 2.75) is 38.7 Å². The first kappa shape index (κ1) is 19.2. The van der Waals surface area contributed by atoms with Gasteiger partial charge in [0, 0.05) is 10.9 Å². The summed E-state index contributed by atoms with van der Waals surface area (Å²) in [6.45, 7) is 4.05. The molecule has 4 rings (SSSR count). The number of benzene rings is 2. The summed E-state index contributed by atoms with van der Waals surface area (Å²) in [5.74, 6) is -0.961. The fraction of sp³-hybridized carbons (Fsp3) is 0.304. The number of phenolic OH excluding ortho intramolecular Hbond substituents is 1. The highest BCUT2D eigenvalue weighted by atomic mass is 19.1. The zero-order valence-electron chi connectivity index (χ0n) is 16.2. The summed E-state index contributed by atoms with van der Waals surface area (Å²) in [6.07, 6.45) is 0.660. The van der Waals surface area contributed by atoms with E-state index in [2.05, 4.69) is 0 Å². The molecule has 0 saturated heterocycles. The zero-order valence-corrected chi connectivity index (χ0v) is 16.2. The number of ether oxygens (including phenoxy) is 1. The molecular weight excluding hydrogens is 373 g/mol. The molecule has 6 heteroatoms. The minimum Gasteiger partial charge on any atom is -0.508 e. The van der Waals surface area contributed by atoms with E-state index in [-0.39, 0.29) is 29.5 Å². The molecule has 2 N–H and O–H groups in total. The van der Waals surface area contributed by atoms with E-state index in [0.29, 0.717) is 24.1 Å². The largest absolute Gasteiger partial charge is 0.508 e. The Hall–Kier alpha value is -3.15. The molecule has 0 atom stereocenters. The molecule has 1 heterocycles. The Labute approximate surface area is 167 Å². The second-order valence-electron chi connectivity index (χ2n) is 7.82. The number of aromatic nitrogens is 1.